The molecule has 1 saturated heterocycles. The van der Waals surface area contributed by atoms with Crippen molar-refractivity contribution in [2.75, 3.05) is 27.3 Å². The van der Waals surface area contributed by atoms with Gasteiger partial charge in [-0.05, 0) is 36.1 Å². The van der Waals surface area contributed by atoms with Gasteiger partial charge in [-0.2, -0.15) is 0 Å². The van der Waals surface area contributed by atoms with Crippen LogP contribution in [0.2, 0.25) is 0 Å². The zero-order chi connectivity index (χ0) is 14.8. The van der Waals surface area contributed by atoms with Gasteiger partial charge in [0.1, 0.15) is 0 Å². The standard InChI is InChI=1S/C17H24N2O2/c1-18-10-15-4-3-13(7-16(15)11-18)9-19(2)17(20)8-14-5-6-21-12-14/h3-4,7,14H,5-6,8-12H2,1-2H3/t14-/m0/s1. The Labute approximate surface area is 126 Å². The SMILES string of the molecule is CN1Cc2ccc(CN(C)C(=O)C[C@@H]3CCOC3)cc2C1. The number of ether oxygens (including phenoxy) is 1. The third-order valence-electron chi connectivity index (χ3n) is 4.48. The molecule has 0 unspecified atom stereocenters. The van der Waals surface area contributed by atoms with Gasteiger partial charge in [-0.3, -0.25) is 9.69 Å². The summed E-state index contributed by atoms with van der Waals surface area (Å²) < 4.78 is 5.34. The maximum absolute atomic E-state index is 12.3. The summed E-state index contributed by atoms with van der Waals surface area (Å²) in [5.41, 5.74) is 4.04. The fraction of sp³-hybridized carbons (Fsp3) is 0.588. The number of nitrogens with zero attached hydrogens (tertiary/aromatic N) is 2. The molecule has 0 spiro atoms. The van der Waals surface area contributed by atoms with Gasteiger partial charge in [-0.15, -0.1) is 0 Å². The lowest BCUT2D eigenvalue weighted by Gasteiger charge is -2.19. The van der Waals surface area contributed by atoms with Gasteiger partial charge in [0.05, 0.1) is 0 Å². The second kappa shape index (κ2) is 6.16. The van der Waals surface area contributed by atoms with Crippen molar-refractivity contribution in [3.8, 4) is 0 Å². The van der Waals surface area contributed by atoms with Crippen LogP contribution in [0, 0.1) is 5.92 Å². The van der Waals surface area contributed by atoms with Gasteiger partial charge in [0.15, 0.2) is 0 Å². The molecule has 0 aromatic heterocycles. The molecule has 3 rings (SSSR count). The molecule has 1 aromatic carbocycles. The molecular weight excluding hydrogens is 264 g/mol. The first-order valence-electron chi connectivity index (χ1n) is 7.73. The number of amides is 1. The Hall–Kier alpha value is -1.39. The van der Waals surface area contributed by atoms with Gasteiger partial charge >= 0.3 is 0 Å². The molecule has 21 heavy (non-hydrogen) atoms. The molecule has 4 nitrogen and oxygen atoms in total. The normalized spacial score (nSPS) is 21.5. The molecule has 0 radical (unpaired) electrons. The summed E-state index contributed by atoms with van der Waals surface area (Å²) in [7, 11) is 4.04. The molecule has 2 aliphatic heterocycles. The Balaban J connectivity index is 1.58. The molecule has 1 aromatic rings. The Morgan fingerprint density at radius 1 is 1.38 bits per heavy atom. The van der Waals surface area contributed by atoms with Gasteiger partial charge in [0, 0.05) is 46.3 Å². The minimum Gasteiger partial charge on any atom is -0.381 e. The highest BCUT2D eigenvalue weighted by atomic mass is 16.5. The van der Waals surface area contributed by atoms with Crippen LogP contribution >= 0.6 is 0 Å². The van der Waals surface area contributed by atoms with Crippen molar-refractivity contribution in [3.63, 3.8) is 0 Å². The van der Waals surface area contributed by atoms with E-state index in [1.165, 1.54) is 16.7 Å². The lowest BCUT2D eigenvalue weighted by molar-refractivity contribution is -0.131. The topological polar surface area (TPSA) is 32.8 Å². The number of hydrogen-bond donors (Lipinski definition) is 0. The van der Waals surface area contributed by atoms with Gasteiger partial charge in [0.25, 0.3) is 0 Å². The average molecular weight is 288 g/mol. The van der Waals surface area contributed by atoms with E-state index < -0.39 is 0 Å². The highest BCUT2D eigenvalue weighted by molar-refractivity contribution is 5.76. The summed E-state index contributed by atoms with van der Waals surface area (Å²) in [5, 5.41) is 0. The lowest BCUT2D eigenvalue weighted by Crippen LogP contribution is -2.28. The van der Waals surface area contributed by atoms with E-state index in [2.05, 4.69) is 30.1 Å². The summed E-state index contributed by atoms with van der Waals surface area (Å²) in [5.74, 6) is 0.636. The maximum Gasteiger partial charge on any atom is 0.222 e. The van der Waals surface area contributed by atoms with Crippen LogP contribution in [0.25, 0.3) is 0 Å². The van der Waals surface area contributed by atoms with Crippen LogP contribution in [-0.4, -0.2) is 43.0 Å². The van der Waals surface area contributed by atoms with Gasteiger partial charge in [0.2, 0.25) is 5.91 Å². The highest BCUT2D eigenvalue weighted by Gasteiger charge is 2.21. The molecule has 114 valence electrons. The molecule has 4 heteroatoms. The van der Waals surface area contributed by atoms with E-state index in [0.29, 0.717) is 18.9 Å². The molecule has 2 heterocycles. The smallest absolute Gasteiger partial charge is 0.222 e. The number of fused-ring (bicyclic) bond motifs is 1. The van der Waals surface area contributed by atoms with Crippen molar-refractivity contribution in [3.05, 3.63) is 34.9 Å². The lowest BCUT2D eigenvalue weighted by atomic mass is 10.0. The van der Waals surface area contributed by atoms with E-state index in [1.807, 2.05) is 11.9 Å². The molecular formula is C17H24N2O2. The molecule has 0 aliphatic carbocycles. The van der Waals surface area contributed by atoms with E-state index in [0.717, 1.165) is 32.7 Å². The summed E-state index contributed by atoms with van der Waals surface area (Å²) in [6, 6.07) is 6.61. The Morgan fingerprint density at radius 3 is 2.95 bits per heavy atom. The first-order chi connectivity index (χ1) is 10.1. The van der Waals surface area contributed by atoms with Gasteiger partial charge in [-0.1, -0.05) is 18.2 Å². The molecule has 0 saturated carbocycles. The number of rotatable bonds is 4. The Kier molecular flexibility index (Phi) is 4.27. The monoisotopic (exact) mass is 288 g/mol. The van der Waals surface area contributed by atoms with Crippen LogP contribution in [0.15, 0.2) is 18.2 Å². The fourth-order valence-corrected chi connectivity index (χ4v) is 3.23. The van der Waals surface area contributed by atoms with Crippen LogP contribution in [0.1, 0.15) is 29.5 Å². The van der Waals surface area contributed by atoms with Crippen molar-refractivity contribution in [2.45, 2.75) is 32.5 Å². The van der Waals surface area contributed by atoms with E-state index in [4.69, 9.17) is 4.74 Å². The molecule has 0 N–H and O–H groups in total. The van der Waals surface area contributed by atoms with E-state index in [9.17, 15) is 4.79 Å². The quantitative estimate of drug-likeness (QED) is 0.850. The predicted molar refractivity (Wildman–Crippen MR) is 81.6 cm³/mol. The van der Waals surface area contributed by atoms with Crippen molar-refractivity contribution in [1.29, 1.82) is 0 Å². The van der Waals surface area contributed by atoms with Crippen LogP contribution in [0.5, 0.6) is 0 Å². The minimum absolute atomic E-state index is 0.225. The Bertz CT molecular complexity index is 524. The minimum atomic E-state index is 0.225. The molecule has 1 atom stereocenters. The third-order valence-corrected chi connectivity index (χ3v) is 4.48. The van der Waals surface area contributed by atoms with Crippen LogP contribution in [0.4, 0.5) is 0 Å². The molecule has 1 amide bonds. The third kappa shape index (κ3) is 3.44. The summed E-state index contributed by atoms with van der Waals surface area (Å²) in [6.45, 7) is 4.29. The first-order valence-corrected chi connectivity index (χ1v) is 7.73. The number of carbonyl (C=O) groups excluding carboxylic acids is 1. The number of carbonyl (C=O) groups is 1. The zero-order valence-electron chi connectivity index (χ0n) is 13.0. The zero-order valence-corrected chi connectivity index (χ0v) is 13.0. The summed E-state index contributed by atoms with van der Waals surface area (Å²) >= 11 is 0. The average Bonchev–Trinajstić information content (AvgIpc) is 3.06. The molecule has 1 fully saturated rings. The largest absolute Gasteiger partial charge is 0.381 e. The van der Waals surface area contributed by atoms with Crippen molar-refractivity contribution < 1.29 is 9.53 Å². The van der Waals surface area contributed by atoms with Gasteiger partial charge in [-0.25, -0.2) is 0 Å². The molecule has 2 aliphatic rings. The van der Waals surface area contributed by atoms with E-state index in [1.54, 1.807) is 0 Å². The van der Waals surface area contributed by atoms with Crippen molar-refractivity contribution in [2.24, 2.45) is 5.92 Å². The second-order valence-corrected chi connectivity index (χ2v) is 6.46. The van der Waals surface area contributed by atoms with E-state index >= 15 is 0 Å². The Morgan fingerprint density at radius 2 is 2.19 bits per heavy atom. The van der Waals surface area contributed by atoms with Crippen LogP contribution < -0.4 is 0 Å². The number of hydrogen-bond acceptors (Lipinski definition) is 3. The predicted octanol–water partition coefficient (Wildman–Crippen LogP) is 2.02. The summed E-state index contributed by atoms with van der Waals surface area (Å²) in [6.07, 6.45) is 1.63. The number of benzene rings is 1. The second-order valence-electron chi connectivity index (χ2n) is 6.46. The van der Waals surface area contributed by atoms with Gasteiger partial charge < -0.3 is 9.64 Å². The first kappa shape index (κ1) is 14.5. The van der Waals surface area contributed by atoms with Crippen LogP contribution in [0.3, 0.4) is 0 Å². The molecule has 0 bridgehead atoms. The van der Waals surface area contributed by atoms with Crippen molar-refractivity contribution in [1.82, 2.24) is 9.80 Å². The van der Waals surface area contributed by atoms with E-state index in [-0.39, 0.29) is 5.91 Å². The highest BCUT2D eigenvalue weighted by Crippen LogP contribution is 2.23. The maximum atomic E-state index is 12.3. The van der Waals surface area contributed by atoms with Crippen molar-refractivity contribution >= 4 is 5.91 Å². The fourth-order valence-electron chi connectivity index (χ4n) is 3.23. The van der Waals surface area contributed by atoms with Crippen LogP contribution in [-0.2, 0) is 29.2 Å². The summed E-state index contributed by atoms with van der Waals surface area (Å²) in [4.78, 5) is 16.4.